The molecule has 0 radical (unpaired) electrons. The first-order chi connectivity index (χ1) is 12.9. The molecule has 10 heteroatoms. The molecule has 148 valence electrons. The number of benzene rings is 1. The molecule has 9 nitrogen and oxygen atoms in total. The van der Waals surface area contributed by atoms with Gasteiger partial charge in [-0.1, -0.05) is 12.1 Å². The molecular weight excluding hydrogens is 376 g/mol. The Labute approximate surface area is 157 Å². The van der Waals surface area contributed by atoms with Crippen LogP contribution in [0.25, 0.3) is 0 Å². The summed E-state index contributed by atoms with van der Waals surface area (Å²) in [5.74, 6) is 0.362. The van der Waals surface area contributed by atoms with E-state index < -0.39 is 28.3 Å². The molecule has 0 saturated carbocycles. The number of hydrogen-bond donors (Lipinski definition) is 1. The van der Waals surface area contributed by atoms with Crippen LogP contribution >= 0.6 is 0 Å². The van der Waals surface area contributed by atoms with Crippen LogP contribution in [0.2, 0.25) is 0 Å². The average molecular weight is 398 g/mol. The number of amides is 1. The first-order valence-corrected chi connectivity index (χ1v) is 10.5. The molecule has 1 saturated heterocycles. The van der Waals surface area contributed by atoms with Crippen molar-refractivity contribution in [3.8, 4) is 11.5 Å². The van der Waals surface area contributed by atoms with Crippen LogP contribution in [0.1, 0.15) is 0 Å². The first-order valence-electron chi connectivity index (χ1n) is 8.65. The minimum atomic E-state index is -2.99. The highest BCUT2D eigenvalue weighted by atomic mass is 32.2. The number of fused-ring (bicyclic) bond motifs is 1. The van der Waals surface area contributed by atoms with Gasteiger partial charge in [0.15, 0.2) is 27.9 Å². The maximum atomic E-state index is 11.8. The Morgan fingerprint density at radius 3 is 2.63 bits per heavy atom. The maximum Gasteiger partial charge on any atom is 0.320 e. The number of nitrogens with zero attached hydrogens (tertiary/aromatic N) is 1. The number of carbonyl (C=O) groups is 2. The van der Waals surface area contributed by atoms with Crippen LogP contribution < -0.4 is 14.8 Å². The van der Waals surface area contributed by atoms with Gasteiger partial charge < -0.3 is 19.5 Å². The van der Waals surface area contributed by atoms with Crippen LogP contribution in [0.5, 0.6) is 11.5 Å². The van der Waals surface area contributed by atoms with E-state index >= 15 is 0 Å². The lowest BCUT2D eigenvalue weighted by molar-refractivity contribution is -0.149. The van der Waals surface area contributed by atoms with E-state index in [1.54, 1.807) is 17.0 Å². The minimum Gasteiger partial charge on any atom is -0.486 e. The summed E-state index contributed by atoms with van der Waals surface area (Å²) in [6.07, 6.45) is -0.324. The van der Waals surface area contributed by atoms with E-state index in [1.807, 2.05) is 12.1 Å². The smallest absolute Gasteiger partial charge is 0.320 e. The standard InChI is InChI=1S/C17H22N2O7S/c20-16(12-25-17(21)10-19-5-7-27(22,23)8-6-19)18-9-13-11-24-14-3-1-2-4-15(14)26-13/h1-4,13H,5-12H2,(H,18,20). The molecule has 1 amide bonds. The summed E-state index contributed by atoms with van der Waals surface area (Å²) < 4.78 is 38.9. The Kier molecular flexibility index (Phi) is 6.17. The summed E-state index contributed by atoms with van der Waals surface area (Å²) in [5, 5.41) is 2.64. The lowest BCUT2D eigenvalue weighted by atomic mass is 10.2. The van der Waals surface area contributed by atoms with Gasteiger partial charge in [-0.2, -0.15) is 0 Å². The Balaban J connectivity index is 1.32. The van der Waals surface area contributed by atoms with E-state index in [0.29, 0.717) is 31.2 Å². The Bertz CT molecular complexity index is 782. The van der Waals surface area contributed by atoms with Crippen molar-refractivity contribution in [1.82, 2.24) is 10.2 Å². The Morgan fingerprint density at radius 2 is 1.89 bits per heavy atom. The number of ether oxygens (including phenoxy) is 3. The predicted octanol–water partition coefficient (Wildman–Crippen LogP) is -0.784. The highest BCUT2D eigenvalue weighted by Gasteiger charge is 2.24. The molecule has 0 aromatic heterocycles. The van der Waals surface area contributed by atoms with Gasteiger partial charge in [0, 0.05) is 13.1 Å². The van der Waals surface area contributed by atoms with Crippen molar-refractivity contribution in [3.05, 3.63) is 24.3 Å². The van der Waals surface area contributed by atoms with Crippen LogP contribution in [-0.2, 0) is 24.2 Å². The molecule has 27 heavy (non-hydrogen) atoms. The van der Waals surface area contributed by atoms with Crippen molar-refractivity contribution < 1.29 is 32.2 Å². The normalized spacial score (nSPS) is 21.3. The van der Waals surface area contributed by atoms with E-state index in [0.717, 1.165) is 0 Å². The first kappa shape index (κ1) is 19.4. The van der Waals surface area contributed by atoms with Crippen molar-refractivity contribution in [2.45, 2.75) is 6.10 Å². The maximum absolute atomic E-state index is 11.8. The third-order valence-electron chi connectivity index (χ3n) is 4.25. The topological polar surface area (TPSA) is 111 Å². The summed E-state index contributed by atoms with van der Waals surface area (Å²) in [6, 6.07) is 7.28. The molecule has 1 unspecified atom stereocenters. The van der Waals surface area contributed by atoms with Gasteiger partial charge in [-0.05, 0) is 12.1 Å². The zero-order chi connectivity index (χ0) is 19.3. The number of rotatable bonds is 6. The molecule has 1 aromatic carbocycles. The van der Waals surface area contributed by atoms with Crippen molar-refractivity contribution in [1.29, 1.82) is 0 Å². The molecule has 1 N–H and O–H groups in total. The number of para-hydroxylation sites is 2. The summed E-state index contributed by atoms with van der Waals surface area (Å²) in [5.41, 5.74) is 0. The Morgan fingerprint density at radius 1 is 1.19 bits per heavy atom. The molecular formula is C17H22N2O7S. The van der Waals surface area contributed by atoms with Crippen LogP contribution in [0.15, 0.2) is 24.3 Å². The third-order valence-corrected chi connectivity index (χ3v) is 5.86. The lowest BCUT2D eigenvalue weighted by Crippen LogP contribution is -2.44. The monoisotopic (exact) mass is 398 g/mol. The lowest BCUT2D eigenvalue weighted by Gasteiger charge is -2.26. The van der Waals surface area contributed by atoms with E-state index in [4.69, 9.17) is 14.2 Å². The van der Waals surface area contributed by atoms with Crippen LogP contribution in [-0.4, -0.2) is 82.2 Å². The highest BCUT2D eigenvalue weighted by molar-refractivity contribution is 7.91. The zero-order valence-corrected chi connectivity index (χ0v) is 15.6. The fraction of sp³-hybridized carbons (Fsp3) is 0.529. The number of carbonyl (C=O) groups excluding carboxylic acids is 2. The van der Waals surface area contributed by atoms with Crippen molar-refractivity contribution in [2.75, 3.05) is 50.9 Å². The predicted molar refractivity (Wildman–Crippen MR) is 95.4 cm³/mol. The SMILES string of the molecule is O=C(COC(=O)CN1CCS(=O)(=O)CC1)NCC1COc2ccccc2O1. The second-order valence-electron chi connectivity index (χ2n) is 6.39. The highest BCUT2D eigenvalue weighted by Crippen LogP contribution is 2.30. The number of sulfone groups is 1. The third kappa shape index (κ3) is 5.83. The number of hydrogen-bond acceptors (Lipinski definition) is 8. The number of nitrogens with one attached hydrogen (secondary N) is 1. The van der Waals surface area contributed by atoms with Gasteiger partial charge in [0.2, 0.25) is 0 Å². The largest absolute Gasteiger partial charge is 0.486 e. The summed E-state index contributed by atoms with van der Waals surface area (Å²) in [6.45, 7) is 0.714. The molecule has 0 bridgehead atoms. The van der Waals surface area contributed by atoms with E-state index in [1.165, 1.54) is 0 Å². The zero-order valence-electron chi connectivity index (χ0n) is 14.8. The summed E-state index contributed by atoms with van der Waals surface area (Å²) >= 11 is 0. The molecule has 2 aliphatic heterocycles. The minimum absolute atomic E-state index is 0.0286. The molecule has 1 atom stereocenters. The van der Waals surface area contributed by atoms with Gasteiger partial charge in [0.1, 0.15) is 12.7 Å². The molecule has 2 aliphatic rings. The van der Waals surface area contributed by atoms with Crippen LogP contribution in [0.4, 0.5) is 0 Å². The molecule has 0 spiro atoms. The van der Waals surface area contributed by atoms with Crippen molar-refractivity contribution in [3.63, 3.8) is 0 Å². The second kappa shape index (κ2) is 8.57. The summed E-state index contributed by atoms with van der Waals surface area (Å²) in [7, 11) is -2.99. The van der Waals surface area contributed by atoms with Crippen LogP contribution in [0, 0.1) is 0 Å². The van der Waals surface area contributed by atoms with Gasteiger partial charge >= 0.3 is 5.97 Å². The van der Waals surface area contributed by atoms with Gasteiger partial charge in [-0.15, -0.1) is 0 Å². The van der Waals surface area contributed by atoms with E-state index in [2.05, 4.69) is 5.32 Å². The van der Waals surface area contributed by atoms with Gasteiger partial charge in [0.05, 0.1) is 24.6 Å². The van der Waals surface area contributed by atoms with E-state index in [-0.39, 0.29) is 30.7 Å². The molecule has 2 heterocycles. The van der Waals surface area contributed by atoms with Crippen molar-refractivity contribution >= 4 is 21.7 Å². The van der Waals surface area contributed by atoms with Gasteiger partial charge in [-0.25, -0.2) is 8.42 Å². The second-order valence-corrected chi connectivity index (χ2v) is 8.69. The Hall–Kier alpha value is -2.33. The molecule has 1 fully saturated rings. The molecule has 3 rings (SSSR count). The quantitative estimate of drug-likeness (QED) is 0.621. The van der Waals surface area contributed by atoms with Crippen LogP contribution in [0.3, 0.4) is 0 Å². The average Bonchev–Trinajstić information content (AvgIpc) is 2.66. The number of esters is 1. The van der Waals surface area contributed by atoms with Gasteiger partial charge in [0.25, 0.3) is 5.91 Å². The fourth-order valence-corrected chi connectivity index (χ4v) is 4.00. The summed E-state index contributed by atoms with van der Waals surface area (Å²) in [4.78, 5) is 25.3. The molecule has 1 aromatic rings. The molecule has 0 aliphatic carbocycles. The van der Waals surface area contributed by atoms with E-state index in [9.17, 15) is 18.0 Å². The van der Waals surface area contributed by atoms with Crippen molar-refractivity contribution in [2.24, 2.45) is 0 Å². The fourth-order valence-electron chi connectivity index (χ4n) is 2.72. The van der Waals surface area contributed by atoms with Gasteiger partial charge in [-0.3, -0.25) is 14.5 Å².